The molecule has 0 aliphatic rings. The molecule has 3 rings (SSSR count). The summed E-state index contributed by atoms with van der Waals surface area (Å²) in [6.07, 6.45) is 0.311. The molecule has 1 heterocycles. The van der Waals surface area contributed by atoms with Crippen LogP contribution in [0.3, 0.4) is 0 Å². The first-order chi connectivity index (χ1) is 13.1. The van der Waals surface area contributed by atoms with E-state index in [1.54, 1.807) is 20.3 Å². The first-order valence-corrected chi connectivity index (χ1v) is 8.39. The number of carbonyl (C=O) groups is 1. The molecule has 140 valence electrons. The predicted molar refractivity (Wildman–Crippen MR) is 98.9 cm³/mol. The number of aryl methyl sites for hydroxylation is 1. The van der Waals surface area contributed by atoms with E-state index in [0.29, 0.717) is 17.9 Å². The molecule has 0 radical (unpaired) electrons. The number of nitrogens with one attached hydrogen (secondary N) is 1. The molecule has 0 aliphatic carbocycles. The lowest BCUT2D eigenvalue weighted by molar-refractivity contribution is -0.117. The van der Waals surface area contributed by atoms with Gasteiger partial charge in [-0.3, -0.25) is 15.1 Å². The van der Waals surface area contributed by atoms with Crippen LogP contribution in [0, 0.1) is 6.92 Å². The molecule has 1 N–H and O–H groups in total. The molecule has 3 aromatic rings. The van der Waals surface area contributed by atoms with Crippen LogP contribution in [0.4, 0.5) is 5.69 Å². The number of amides is 1. The van der Waals surface area contributed by atoms with Crippen LogP contribution < -0.4 is 19.9 Å². The van der Waals surface area contributed by atoms with E-state index in [0.717, 1.165) is 16.8 Å². The number of ether oxygens (including phenoxy) is 2. The first kappa shape index (κ1) is 18.4. The second-order valence-electron chi connectivity index (χ2n) is 5.95. The molecule has 1 aromatic heterocycles. The quantitative estimate of drug-likeness (QED) is 0.683. The average molecular weight is 366 g/mol. The number of benzene rings is 2. The van der Waals surface area contributed by atoms with E-state index < -0.39 is 5.92 Å². The molecule has 0 aliphatic heterocycles. The zero-order valence-corrected chi connectivity index (χ0v) is 15.3. The van der Waals surface area contributed by atoms with Gasteiger partial charge in [-0.1, -0.05) is 30.3 Å². The SMILES string of the molecule is COc1cccc(C[C@H](C(=O)Nc2ccccc2C)c2nnn[n-]2)c1OC. The van der Waals surface area contributed by atoms with Crippen molar-refractivity contribution in [3.8, 4) is 11.5 Å². The maximum Gasteiger partial charge on any atom is 0.232 e. The zero-order chi connectivity index (χ0) is 19.2. The number of hydrogen-bond acceptors (Lipinski definition) is 6. The molecule has 0 spiro atoms. The number of nitrogens with zero attached hydrogens (tertiary/aromatic N) is 4. The lowest BCUT2D eigenvalue weighted by atomic mass is 9.96. The van der Waals surface area contributed by atoms with Crippen molar-refractivity contribution in [2.75, 3.05) is 19.5 Å². The third-order valence-electron chi connectivity index (χ3n) is 4.27. The van der Waals surface area contributed by atoms with E-state index in [-0.39, 0.29) is 11.7 Å². The fraction of sp³-hybridized carbons (Fsp3) is 0.263. The Bertz CT molecular complexity index is 911. The Morgan fingerprint density at radius 1 is 1.15 bits per heavy atom. The van der Waals surface area contributed by atoms with Crippen molar-refractivity contribution < 1.29 is 14.3 Å². The number of methoxy groups -OCH3 is 2. The van der Waals surface area contributed by atoms with Gasteiger partial charge >= 0.3 is 0 Å². The van der Waals surface area contributed by atoms with E-state index in [1.807, 2.05) is 43.3 Å². The third kappa shape index (κ3) is 4.05. The summed E-state index contributed by atoms with van der Waals surface area (Å²) in [5, 5.41) is 17.8. The Morgan fingerprint density at radius 2 is 1.96 bits per heavy atom. The standard InChI is InChI=1S/C19H21N5O3/c1-12-7-4-5-9-15(12)20-19(25)14(18-21-23-24-22-18)11-13-8-6-10-16(26-2)17(13)27-3/h4-10,14H,11H2,1-3H3,(H2,20,21,22,23,24,25)/p-1/t14-/m0/s1. The summed E-state index contributed by atoms with van der Waals surface area (Å²) in [7, 11) is 3.13. The molecule has 27 heavy (non-hydrogen) atoms. The van der Waals surface area contributed by atoms with Crippen molar-refractivity contribution in [1.82, 2.24) is 20.6 Å². The minimum absolute atomic E-state index is 0.246. The van der Waals surface area contributed by atoms with Gasteiger partial charge in [-0.25, -0.2) is 0 Å². The van der Waals surface area contributed by atoms with E-state index in [9.17, 15) is 4.79 Å². The van der Waals surface area contributed by atoms with Gasteiger partial charge in [-0.05, 0) is 36.6 Å². The van der Waals surface area contributed by atoms with Crippen LogP contribution in [0.5, 0.6) is 11.5 Å². The highest BCUT2D eigenvalue weighted by molar-refractivity contribution is 5.96. The summed E-state index contributed by atoms with van der Waals surface area (Å²) in [5.41, 5.74) is 2.49. The highest BCUT2D eigenvalue weighted by atomic mass is 16.5. The van der Waals surface area contributed by atoms with E-state index in [1.165, 1.54) is 0 Å². The molecule has 8 nitrogen and oxygen atoms in total. The molecule has 0 bridgehead atoms. The number of tetrazole rings is 1. The lowest BCUT2D eigenvalue weighted by Gasteiger charge is -2.20. The summed E-state index contributed by atoms with van der Waals surface area (Å²) >= 11 is 0. The van der Waals surface area contributed by atoms with Gasteiger partial charge < -0.3 is 19.9 Å². The molecule has 1 amide bonds. The van der Waals surface area contributed by atoms with Crippen molar-refractivity contribution in [3.05, 3.63) is 59.4 Å². The molecule has 0 saturated carbocycles. The summed E-state index contributed by atoms with van der Waals surface area (Å²) < 4.78 is 10.8. The average Bonchev–Trinajstić information content (AvgIpc) is 3.21. The second-order valence-corrected chi connectivity index (χ2v) is 5.95. The van der Waals surface area contributed by atoms with Crippen LogP contribution in [-0.2, 0) is 11.2 Å². The van der Waals surface area contributed by atoms with Crippen LogP contribution in [0.2, 0.25) is 0 Å². The zero-order valence-electron chi connectivity index (χ0n) is 15.3. The van der Waals surface area contributed by atoms with Crippen molar-refractivity contribution >= 4 is 11.6 Å². The third-order valence-corrected chi connectivity index (χ3v) is 4.27. The molecule has 0 fully saturated rings. The molecule has 1 atom stereocenters. The van der Waals surface area contributed by atoms with Crippen molar-refractivity contribution in [1.29, 1.82) is 0 Å². The van der Waals surface area contributed by atoms with Gasteiger partial charge in [0.1, 0.15) is 0 Å². The van der Waals surface area contributed by atoms with Gasteiger partial charge in [0.2, 0.25) is 5.91 Å². The minimum Gasteiger partial charge on any atom is -0.493 e. The van der Waals surface area contributed by atoms with E-state index in [4.69, 9.17) is 9.47 Å². The summed E-state index contributed by atoms with van der Waals surface area (Å²) in [4.78, 5) is 13.0. The lowest BCUT2D eigenvalue weighted by Crippen LogP contribution is -2.25. The smallest absolute Gasteiger partial charge is 0.232 e. The number of para-hydroxylation sites is 2. The van der Waals surface area contributed by atoms with Gasteiger partial charge in [0, 0.05) is 11.5 Å². The molecular formula is C19H20N5O3-. The molecule has 0 saturated heterocycles. The highest BCUT2D eigenvalue weighted by Crippen LogP contribution is 2.34. The van der Waals surface area contributed by atoms with Gasteiger partial charge in [-0.15, -0.1) is 0 Å². The van der Waals surface area contributed by atoms with Gasteiger partial charge in [0.15, 0.2) is 11.5 Å². The monoisotopic (exact) mass is 366 g/mol. The van der Waals surface area contributed by atoms with Crippen LogP contribution in [0.25, 0.3) is 0 Å². The predicted octanol–water partition coefficient (Wildman–Crippen LogP) is 2.12. The van der Waals surface area contributed by atoms with Crippen molar-refractivity contribution in [3.63, 3.8) is 0 Å². The summed E-state index contributed by atoms with van der Waals surface area (Å²) in [6.45, 7) is 1.93. The molecule has 0 unspecified atom stereocenters. The summed E-state index contributed by atoms with van der Waals surface area (Å²) in [5.74, 6) is 0.490. The Balaban J connectivity index is 1.92. The molecule has 2 aromatic carbocycles. The van der Waals surface area contributed by atoms with Gasteiger partial charge in [0.05, 0.1) is 20.1 Å². The van der Waals surface area contributed by atoms with E-state index in [2.05, 4.69) is 25.9 Å². The van der Waals surface area contributed by atoms with Gasteiger partial charge in [0.25, 0.3) is 0 Å². The number of carbonyl (C=O) groups excluding carboxylic acids is 1. The fourth-order valence-electron chi connectivity index (χ4n) is 2.86. The van der Waals surface area contributed by atoms with Crippen LogP contribution in [0.15, 0.2) is 42.5 Å². The summed E-state index contributed by atoms with van der Waals surface area (Å²) in [6, 6.07) is 13.1. The number of anilines is 1. The Kier molecular flexibility index (Phi) is 5.65. The first-order valence-electron chi connectivity index (χ1n) is 8.39. The Labute approximate surface area is 156 Å². The fourth-order valence-corrected chi connectivity index (χ4v) is 2.86. The second kappa shape index (κ2) is 8.31. The van der Waals surface area contributed by atoms with Gasteiger partial charge in [-0.2, -0.15) is 5.21 Å². The molecule has 8 heteroatoms. The minimum atomic E-state index is -0.680. The Hall–Kier alpha value is -3.42. The van der Waals surface area contributed by atoms with E-state index >= 15 is 0 Å². The largest absolute Gasteiger partial charge is 0.493 e. The van der Waals surface area contributed by atoms with Crippen LogP contribution in [0.1, 0.15) is 22.9 Å². The molecular weight excluding hydrogens is 346 g/mol. The van der Waals surface area contributed by atoms with Crippen molar-refractivity contribution in [2.45, 2.75) is 19.3 Å². The van der Waals surface area contributed by atoms with Crippen LogP contribution in [-0.4, -0.2) is 35.7 Å². The number of rotatable bonds is 7. The van der Waals surface area contributed by atoms with Crippen molar-refractivity contribution in [2.24, 2.45) is 0 Å². The normalized spacial score (nSPS) is 11.7. The maximum atomic E-state index is 13.0. The maximum absolute atomic E-state index is 13.0. The number of aromatic nitrogens is 4. The Morgan fingerprint density at radius 3 is 2.63 bits per heavy atom. The van der Waals surface area contributed by atoms with Crippen LogP contribution >= 0.6 is 0 Å². The highest BCUT2D eigenvalue weighted by Gasteiger charge is 2.24. The number of hydrogen-bond donors (Lipinski definition) is 1. The topological polar surface area (TPSA) is 100 Å².